The summed E-state index contributed by atoms with van der Waals surface area (Å²) in [5, 5.41) is 9.43. The smallest absolute Gasteiger partial charge is 0.411 e. The highest BCUT2D eigenvalue weighted by atomic mass is 32.2. The summed E-state index contributed by atoms with van der Waals surface area (Å²) in [4.78, 5) is 25.2. The summed E-state index contributed by atoms with van der Waals surface area (Å²) in [5.74, 6) is -1.93. The summed E-state index contributed by atoms with van der Waals surface area (Å²) in [6, 6.07) is 3.38. The van der Waals surface area contributed by atoms with Crippen molar-refractivity contribution in [3.63, 3.8) is 0 Å². The second kappa shape index (κ2) is 6.88. The highest BCUT2D eigenvalue weighted by molar-refractivity contribution is 7.85. The van der Waals surface area contributed by atoms with Crippen molar-refractivity contribution in [2.75, 3.05) is 11.5 Å². The standard InChI is InChI=1S/C16H20FNO5S/c1-16(2,3)23-15(21)18-12(10-5-4-6-11(17)7-10)8-24(22)9-13(18)14(19)20/h4-7,12-13H,8-9H2,1-3H3,(H,19,20). The Hall–Kier alpha value is -1.96. The molecule has 1 aliphatic rings. The average Bonchev–Trinajstić information content (AvgIpc) is 2.44. The second-order valence-corrected chi connectivity index (χ2v) is 8.13. The van der Waals surface area contributed by atoms with Gasteiger partial charge in [-0.25, -0.2) is 14.0 Å². The molecule has 0 spiro atoms. The number of ether oxygens (including phenoxy) is 1. The van der Waals surface area contributed by atoms with Gasteiger partial charge in [-0.1, -0.05) is 12.1 Å². The minimum Gasteiger partial charge on any atom is -0.480 e. The average molecular weight is 357 g/mol. The van der Waals surface area contributed by atoms with E-state index in [1.807, 2.05) is 0 Å². The zero-order valence-electron chi connectivity index (χ0n) is 13.7. The van der Waals surface area contributed by atoms with Crippen LogP contribution in [-0.4, -0.2) is 49.4 Å². The van der Waals surface area contributed by atoms with Crippen molar-refractivity contribution >= 4 is 22.9 Å². The fourth-order valence-corrected chi connectivity index (χ4v) is 4.02. The molecule has 0 aromatic heterocycles. The van der Waals surface area contributed by atoms with E-state index in [1.165, 1.54) is 18.2 Å². The van der Waals surface area contributed by atoms with Crippen molar-refractivity contribution < 1.29 is 28.0 Å². The summed E-state index contributed by atoms with van der Waals surface area (Å²) in [7, 11) is -1.44. The molecule has 2 rings (SSSR count). The molecule has 132 valence electrons. The van der Waals surface area contributed by atoms with Gasteiger partial charge in [0.25, 0.3) is 0 Å². The molecule has 1 fully saturated rings. The summed E-state index contributed by atoms with van der Waals surface area (Å²) >= 11 is 0. The van der Waals surface area contributed by atoms with Gasteiger partial charge >= 0.3 is 12.1 Å². The molecular formula is C16H20FNO5S. The Morgan fingerprint density at radius 3 is 2.54 bits per heavy atom. The molecule has 1 amide bonds. The molecule has 6 nitrogen and oxygen atoms in total. The van der Waals surface area contributed by atoms with Crippen LogP contribution in [-0.2, 0) is 20.3 Å². The number of rotatable bonds is 2. The summed E-state index contributed by atoms with van der Waals surface area (Å²) in [5.41, 5.74) is -0.427. The molecule has 1 aromatic rings. The van der Waals surface area contributed by atoms with E-state index < -0.39 is 46.4 Å². The Balaban J connectivity index is 2.44. The molecule has 24 heavy (non-hydrogen) atoms. The number of carbonyl (C=O) groups is 2. The van der Waals surface area contributed by atoms with E-state index in [9.17, 15) is 23.3 Å². The van der Waals surface area contributed by atoms with Crippen molar-refractivity contribution in [1.29, 1.82) is 0 Å². The maximum absolute atomic E-state index is 13.5. The summed E-state index contributed by atoms with van der Waals surface area (Å²) in [6.07, 6.45) is -0.819. The lowest BCUT2D eigenvalue weighted by Crippen LogP contribution is -2.55. The van der Waals surface area contributed by atoms with Gasteiger partial charge in [-0.05, 0) is 38.5 Å². The van der Waals surface area contributed by atoms with E-state index in [2.05, 4.69) is 0 Å². The summed E-state index contributed by atoms with van der Waals surface area (Å²) in [6.45, 7) is 5.00. The zero-order chi connectivity index (χ0) is 18.1. The number of benzene rings is 1. The number of carboxylic acids is 1. The quantitative estimate of drug-likeness (QED) is 0.878. The third-order valence-corrected chi connectivity index (χ3v) is 4.86. The van der Waals surface area contributed by atoms with Crippen LogP contribution in [0.4, 0.5) is 9.18 Å². The first kappa shape index (κ1) is 18.4. The van der Waals surface area contributed by atoms with Crippen molar-refractivity contribution in [2.24, 2.45) is 0 Å². The van der Waals surface area contributed by atoms with E-state index in [4.69, 9.17) is 4.74 Å². The molecule has 8 heteroatoms. The maximum atomic E-state index is 13.5. The Morgan fingerprint density at radius 2 is 2.00 bits per heavy atom. The van der Waals surface area contributed by atoms with Gasteiger partial charge in [0.15, 0.2) is 0 Å². The maximum Gasteiger partial charge on any atom is 0.411 e. The van der Waals surface area contributed by atoms with Gasteiger partial charge in [-0.2, -0.15) is 0 Å². The fourth-order valence-electron chi connectivity index (χ4n) is 2.53. The van der Waals surface area contributed by atoms with Crippen LogP contribution in [0.3, 0.4) is 0 Å². The number of nitrogens with zero attached hydrogens (tertiary/aromatic N) is 1. The molecule has 3 unspecified atom stereocenters. The lowest BCUT2D eigenvalue weighted by molar-refractivity contribution is -0.143. The molecule has 1 saturated heterocycles. The van der Waals surface area contributed by atoms with Crippen molar-refractivity contribution in [1.82, 2.24) is 4.90 Å². The monoisotopic (exact) mass is 357 g/mol. The van der Waals surface area contributed by atoms with Gasteiger partial charge in [-0.3, -0.25) is 9.11 Å². The van der Waals surface area contributed by atoms with Crippen LogP contribution in [0.15, 0.2) is 24.3 Å². The van der Waals surface area contributed by atoms with Crippen LogP contribution in [0.5, 0.6) is 0 Å². The third kappa shape index (κ3) is 4.31. The molecule has 1 N–H and O–H groups in total. The first-order chi connectivity index (χ1) is 11.1. The van der Waals surface area contributed by atoms with Crippen LogP contribution in [0.25, 0.3) is 0 Å². The van der Waals surface area contributed by atoms with Gasteiger partial charge in [0, 0.05) is 16.6 Å². The predicted molar refractivity (Wildman–Crippen MR) is 86.5 cm³/mol. The van der Waals surface area contributed by atoms with E-state index in [0.717, 1.165) is 4.90 Å². The Bertz CT molecular complexity index is 673. The van der Waals surface area contributed by atoms with Gasteiger partial charge in [0.05, 0.1) is 11.8 Å². The number of carboxylic acid groups (broad SMARTS) is 1. The number of halogens is 1. The molecule has 0 aliphatic carbocycles. The largest absolute Gasteiger partial charge is 0.480 e. The van der Waals surface area contributed by atoms with Crippen LogP contribution in [0.2, 0.25) is 0 Å². The molecule has 1 aliphatic heterocycles. The Kier molecular flexibility index (Phi) is 5.27. The van der Waals surface area contributed by atoms with E-state index in [-0.39, 0.29) is 11.5 Å². The highest BCUT2D eigenvalue weighted by Crippen LogP contribution is 2.31. The van der Waals surface area contributed by atoms with Crippen molar-refractivity contribution in [3.8, 4) is 0 Å². The Labute approximate surface area is 142 Å². The van der Waals surface area contributed by atoms with Gasteiger partial charge in [0.2, 0.25) is 0 Å². The van der Waals surface area contributed by atoms with Crippen LogP contribution in [0.1, 0.15) is 32.4 Å². The Morgan fingerprint density at radius 1 is 1.33 bits per heavy atom. The molecular weight excluding hydrogens is 337 g/mol. The first-order valence-electron chi connectivity index (χ1n) is 7.43. The highest BCUT2D eigenvalue weighted by Gasteiger charge is 2.43. The SMILES string of the molecule is CC(C)(C)OC(=O)N1C(C(=O)O)CS(=O)CC1c1cccc(F)c1. The van der Waals surface area contributed by atoms with Crippen LogP contribution in [0, 0.1) is 5.82 Å². The molecule has 0 radical (unpaired) electrons. The number of hydrogen-bond donors (Lipinski definition) is 1. The lowest BCUT2D eigenvalue weighted by atomic mass is 10.0. The third-order valence-electron chi connectivity index (χ3n) is 3.48. The predicted octanol–water partition coefficient (Wildman–Crippen LogP) is 2.32. The van der Waals surface area contributed by atoms with E-state index >= 15 is 0 Å². The number of amides is 1. The van der Waals surface area contributed by atoms with E-state index in [1.54, 1.807) is 26.8 Å². The minimum atomic E-state index is -1.44. The molecule has 1 aromatic carbocycles. The minimum absolute atomic E-state index is 0.0342. The second-order valence-electron chi connectivity index (χ2n) is 6.59. The van der Waals surface area contributed by atoms with Crippen molar-refractivity contribution in [3.05, 3.63) is 35.6 Å². The summed E-state index contributed by atoms with van der Waals surface area (Å²) < 4.78 is 30.9. The van der Waals surface area contributed by atoms with E-state index in [0.29, 0.717) is 5.56 Å². The molecule has 1 heterocycles. The number of aliphatic carboxylic acids is 1. The van der Waals surface area contributed by atoms with Gasteiger partial charge in [0.1, 0.15) is 17.5 Å². The number of hydrogen-bond acceptors (Lipinski definition) is 4. The first-order valence-corrected chi connectivity index (χ1v) is 8.92. The van der Waals surface area contributed by atoms with Gasteiger partial charge in [-0.15, -0.1) is 0 Å². The molecule has 3 atom stereocenters. The molecule has 0 saturated carbocycles. The molecule has 0 bridgehead atoms. The topological polar surface area (TPSA) is 83.9 Å². The zero-order valence-corrected chi connectivity index (χ0v) is 14.5. The van der Waals surface area contributed by atoms with Crippen LogP contribution >= 0.6 is 0 Å². The van der Waals surface area contributed by atoms with Gasteiger partial charge < -0.3 is 9.84 Å². The normalized spacial score (nSPS) is 24.5. The lowest BCUT2D eigenvalue weighted by Gasteiger charge is -2.40. The number of carbonyl (C=O) groups excluding carboxylic acids is 1. The van der Waals surface area contributed by atoms with Crippen LogP contribution < -0.4 is 0 Å². The fraction of sp³-hybridized carbons (Fsp3) is 0.500. The van der Waals surface area contributed by atoms with Crippen molar-refractivity contribution in [2.45, 2.75) is 38.5 Å².